The van der Waals surface area contributed by atoms with E-state index in [2.05, 4.69) is 15.2 Å². The number of halogens is 3. The molecule has 0 radical (unpaired) electrons. The van der Waals surface area contributed by atoms with Crippen molar-refractivity contribution in [3.8, 4) is 5.75 Å². The van der Waals surface area contributed by atoms with Crippen LogP contribution in [0.1, 0.15) is 25.3 Å². The quantitative estimate of drug-likeness (QED) is 0.481. The second kappa shape index (κ2) is 8.37. The van der Waals surface area contributed by atoms with Crippen molar-refractivity contribution in [3.63, 3.8) is 0 Å². The Bertz CT molecular complexity index is 641. The minimum Gasteiger partial charge on any atom is -0.492 e. The fourth-order valence-electron chi connectivity index (χ4n) is 3.57. The summed E-state index contributed by atoms with van der Waals surface area (Å²) in [6.45, 7) is 7.10. The van der Waals surface area contributed by atoms with Crippen LogP contribution in [-0.4, -0.2) is 56.9 Å². The van der Waals surface area contributed by atoms with Crippen molar-refractivity contribution in [2.45, 2.75) is 25.9 Å². The van der Waals surface area contributed by atoms with Crippen LogP contribution < -0.4 is 10.1 Å². The number of hydrogen-bond acceptors (Lipinski definition) is 3. The lowest BCUT2D eigenvalue weighted by molar-refractivity contribution is -0.137. The summed E-state index contributed by atoms with van der Waals surface area (Å²) in [4.78, 5) is 6.87. The van der Waals surface area contributed by atoms with Gasteiger partial charge in [0, 0.05) is 31.7 Å². The van der Waals surface area contributed by atoms with Crippen LogP contribution in [0.5, 0.6) is 5.75 Å². The molecule has 8 heteroatoms. The highest BCUT2D eigenvalue weighted by Crippen LogP contribution is 2.38. The third kappa shape index (κ3) is 5.06. The van der Waals surface area contributed by atoms with E-state index in [9.17, 15) is 13.2 Å². The van der Waals surface area contributed by atoms with E-state index in [-0.39, 0.29) is 5.41 Å². The zero-order chi connectivity index (χ0) is 19.3. The number of guanidine groups is 1. The lowest BCUT2D eigenvalue weighted by atomic mass is 9.87. The molecule has 0 bridgehead atoms. The second-order valence-electron chi connectivity index (χ2n) is 7.08. The van der Waals surface area contributed by atoms with Gasteiger partial charge in [0.05, 0.1) is 18.7 Å². The third-order valence-electron chi connectivity index (χ3n) is 5.06. The minimum absolute atomic E-state index is 0.257. The van der Waals surface area contributed by atoms with Crippen LogP contribution >= 0.6 is 0 Å². The first-order chi connectivity index (χ1) is 12.9. The van der Waals surface area contributed by atoms with Crippen molar-refractivity contribution in [1.82, 2.24) is 10.2 Å². The predicted octanol–water partition coefficient (Wildman–Crippen LogP) is 3.16. The number of likely N-dealkylation sites (tertiary alicyclic amines) is 1. The van der Waals surface area contributed by atoms with Crippen LogP contribution in [0.3, 0.4) is 0 Å². The summed E-state index contributed by atoms with van der Waals surface area (Å²) >= 11 is 0. The lowest BCUT2D eigenvalue weighted by Gasteiger charge is -2.25. The van der Waals surface area contributed by atoms with Crippen molar-refractivity contribution in [2.24, 2.45) is 10.4 Å². The standard InChI is InChI=1S/C19H26F3N3O2/c1-2-23-17(25-10-7-18(13-25)8-11-26-14-18)24-9-12-27-16-5-3-15(4-6-16)19(20,21)22/h3-6H,2,7-14H2,1H3,(H,23,24). The Balaban J connectivity index is 1.50. The van der Waals surface area contributed by atoms with Gasteiger partial charge in [0.1, 0.15) is 12.4 Å². The molecule has 1 aromatic rings. The first-order valence-corrected chi connectivity index (χ1v) is 9.33. The highest BCUT2D eigenvalue weighted by molar-refractivity contribution is 5.80. The first kappa shape index (κ1) is 19.8. The van der Waals surface area contributed by atoms with Gasteiger partial charge in [-0.25, -0.2) is 4.99 Å². The number of ether oxygens (including phenoxy) is 2. The summed E-state index contributed by atoms with van der Waals surface area (Å²) in [5.41, 5.74) is -0.423. The van der Waals surface area contributed by atoms with Crippen molar-refractivity contribution in [2.75, 3.05) is 46.0 Å². The molecule has 1 atom stereocenters. The Kier molecular flexibility index (Phi) is 6.14. The molecule has 3 rings (SSSR count). The van der Waals surface area contributed by atoms with Crippen molar-refractivity contribution in [3.05, 3.63) is 29.8 Å². The monoisotopic (exact) mass is 385 g/mol. The maximum absolute atomic E-state index is 12.6. The maximum Gasteiger partial charge on any atom is 0.416 e. The van der Waals surface area contributed by atoms with E-state index >= 15 is 0 Å². The van der Waals surface area contributed by atoms with Gasteiger partial charge < -0.3 is 19.7 Å². The average molecular weight is 385 g/mol. The molecule has 5 nitrogen and oxygen atoms in total. The van der Waals surface area contributed by atoms with Gasteiger partial charge >= 0.3 is 6.18 Å². The Morgan fingerprint density at radius 3 is 2.70 bits per heavy atom. The molecule has 27 heavy (non-hydrogen) atoms. The van der Waals surface area contributed by atoms with E-state index in [1.54, 1.807) is 0 Å². The molecule has 2 aliphatic rings. The predicted molar refractivity (Wildman–Crippen MR) is 97.0 cm³/mol. The molecule has 0 aliphatic carbocycles. The number of nitrogens with zero attached hydrogens (tertiary/aromatic N) is 2. The summed E-state index contributed by atoms with van der Waals surface area (Å²) in [7, 11) is 0. The van der Waals surface area contributed by atoms with Gasteiger partial charge in [-0.05, 0) is 44.0 Å². The molecule has 2 fully saturated rings. The van der Waals surface area contributed by atoms with Gasteiger partial charge in [-0.2, -0.15) is 13.2 Å². The van der Waals surface area contributed by atoms with Gasteiger partial charge in [-0.1, -0.05) is 0 Å². The Labute approximate surface area is 157 Å². The van der Waals surface area contributed by atoms with E-state index in [4.69, 9.17) is 9.47 Å². The molecule has 0 saturated carbocycles. The smallest absolute Gasteiger partial charge is 0.416 e. The normalized spacial score (nSPS) is 23.3. The Morgan fingerprint density at radius 2 is 2.07 bits per heavy atom. The molecule has 2 heterocycles. The van der Waals surface area contributed by atoms with Crippen molar-refractivity contribution in [1.29, 1.82) is 0 Å². The molecule has 1 aromatic carbocycles. The number of benzene rings is 1. The van der Waals surface area contributed by atoms with Crippen LogP contribution in [0.15, 0.2) is 29.3 Å². The lowest BCUT2D eigenvalue weighted by Crippen LogP contribution is -2.41. The fraction of sp³-hybridized carbons (Fsp3) is 0.632. The zero-order valence-corrected chi connectivity index (χ0v) is 15.5. The zero-order valence-electron chi connectivity index (χ0n) is 15.5. The van der Waals surface area contributed by atoms with Crippen LogP contribution in [0, 0.1) is 5.41 Å². The van der Waals surface area contributed by atoms with E-state index in [1.165, 1.54) is 12.1 Å². The summed E-state index contributed by atoms with van der Waals surface area (Å²) in [5, 5.41) is 3.31. The maximum atomic E-state index is 12.6. The molecule has 2 saturated heterocycles. The number of alkyl halides is 3. The van der Waals surface area contributed by atoms with Crippen LogP contribution in [0.2, 0.25) is 0 Å². The van der Waals surface area contributed by atoms with E-state index < -0.39 is 11.7 Å². The summed E-state index contributed by atoms with van der Waals surface area (Å²) in [6, 6.07) is 4.72. The molecular weight excluding hydrogens is 359 g/mol. The first-order valence-electron chi connectivity index (χ1n) is 9.33. The van der Waals surface area contributed by atoms with Gasteiger partial charge in [0.25, 0.3) is 0 Å². The average Bonchev–Trinajstić information content (AvgIpc) is 3.27. The molecule has 0 amide bonds. The fourth-order valence-corrected chi connectivity index (χ4v) is 3.57. The number of rotatable bonds is 5. The van der Waals surface area contributed by atoms with E-state index in [0.717, 1.165) is 63.8 Å². The second-order valence-corrected chi connectivity index (χ2v) is 7.08. The van der Waals surface area contributed by atoms with E-state index in [0.29, 0.717) is 18.9 Å². The molecule has 1 N–H and O–H groups in total. The highest BCUT2D eigenvalue weighted by Gasteiger charge is 2.42. The number of nitrogens with one attached hydrogen (secondary N) is 1. The van der Waals surface area contributed by atoms with Gasteiger partial charge in [0.15, 0.2) is 5.96 Å². The number of aliphatic imine (C=N–C) groups is 1. The number of hydrogen-bond donors (Lipinski definition) is 1. The molecule has 1 unspecified atom stereocenters. The van der Waals surface area contributed by atoms with Crippen LogP contribution in [0.25, 0.3) is 0 Å². The highest BCUT2D eigenvalue weighted by atomic mass is 19.4. The van der Waals surface area contributed by atoms with Crippen LogP contribution in [-0.2, 0) is 10.9 Å². The van der Waals surface area contributed by atoms with Crippen LogP contribution in [0.4, 0.5) is 13.2 Å². The van der Waals surface area contributed by atoms with Gasteiger partial charge in [-0.3, -0.25) is 0 Å². The molecule has 2 aliphatic heterocycles. The Hall–Kier alpha value is -1.96. The van der Waals surface area contributed by atoms with E-state index in [1.807, 2.05) is 6.92 Å². The summed E-state index contributed by atoms with van der Waals surface area (Å²) in [6.07, 6.45) is -2.12. The summed E-state index contributed by atoms with van der Waals surface area (Å²) < 4.78 is 48.8. The van der Waals surface area contributed by atoms with Crippen molar-refractivity contribution >= 4 is 5.96 Å². The van der Waals surface area contributed by atoms with Crippen molar-refractivity contribution < 1.29 is 22.6 Å². The molecule has 1 spiro atoms. The van der Waals surface area contributed by atoms with Gasteiger partial charge in [-0.15, -0.1) is 0 Å². The minimum atomic E-state index is -4.33. The van der Waals surface area contributed by atoms with Gasteiger partial charge in [0.2, 0.25) is 0 Å². The molecular formula is C19H26F3N3O2. The third-order valence-corrected chi connectivity index (χ3v) is 5.06. The Morgan fingerprint density at radius 1 is 1.30 bits per heavy atom. The molecule has 150 valence electrons. The summed E-state index contributed by atoms with van der Waals surface area (Å²) in [5.74, 6) is 1.27. The SMILES string of the molecule is CCNC(=NCCOc1ccc(C(F)(F)F)cc1)N1CCC2(CCOC2)C1. The molecule has 0 aromatic heterocycles. The topological polar surface area (TPSA) is 46.1 Å². The largest absolute Gasteiger partial charge is 0.492 e.